The Morgan fingerprint density at radius 1 is 1.18 bits per heavy atom. The quantitative estimate of drug-likeness (QED) is 0.541. The Kier molecular flexibility index (Phi) is 6.39. The smallest absolute Gasteiger partial charge is 0.325 e. The molecule has 2 aromatic rings. The molecule has 2 unspecified atom stereocenters. The number of anilines is 1. The first-order valence-electron chi connectivity index (χ1n) is 11.3. The first-order chi connectivity index (χ1) is 16.2. The van der Waals surface area contributed by atoms with Crippen LogP contribution < -0.4 is 16.4 Å². The highest BCUT2D eigenvalue weighted by Gasteiger charge is 2.49. The van der Waals surface area contributed by atoms with Crippen molar-refractivity contribution in [2.24, 2.45) is 5.73 Å². The van der Waals surface area contributed by atoms with E-state index in [0.717, 1.165) is 35.4 Å². The SMILES string of the molecule is Cc1ccc(C2(C)NC(=O)N(CC(=O)Nc3cccc(CN4CCCC4C(N)=O)c3)C2=O)cc1. The third kappa shape index (κ3) is 4.65. The number of carbonyl (C=O) groups is 4. The van der Waals surface area contributed by atoms with Crippen LogP contribution in [0.15, 0.2) is 48.5 Å². The van der Waals surface area contributed by atoms with Gasteiger partial charge in [0.05, 0.1) is 6.04 Å². The molecule has 2 saturated heterocycles. The largest absolute Gasteiger partial charge is 0.368 e. The van der Waals surface area contributed by atoms with Crippen LogP contribution in [0, 0.1) is 6.92 Å². The van der Waals surface area contributed by atoms with E-state index in [-0.39, 0.29) is 11.9 Å². The molecule has 0 radical (unpaired) electrons. The Bertz CT molecular complexity index is 1130. The van der Waals surface area contributed by atoms with Crippen LogP contribution in [0.1, 0.15) is 36.5 Å². The van der Waals surface area contributed by atoms with Gasteiger partial charge in [0.1, 0.15) is 12.1 Å². The van der Waals surface area contributed by atoms with Crippen molar-refractivity contribution in [2.45, 2.75) is 44.8 Å². The summed E-state index contributed by atoms with van der Waals surface area (Å²) in [5.41, 5.74) is 7.44. The van der Waals surface area contributed by atoms with Gasteiger partial charge in [-0.2, -0.15) is 0 Å². The summed E-state index contributed by atoms with van der Waals surface area (Å²) < 4.78 is 0. The monoisotopic (exact) mass is 463 g/mol. The highest BCUT2D eigenvalue weighted by atomic mass is 16.2. The summed E-state index contributed by atoms with van der Waals surface area (Å²) in [6.07, 6.45) is 1.66. The van der Waals surface area contributed by atoms with Gasteiger partial charge in [0.2, 0.25) is 11.8 Å². The lowest BCUT2D eigenvalue weighted by Gasteiger charge is -2.22. The number of amides is 5. The molecule has 178 valence electrons. The molecule has 0 aromatic heterocycles. The van der Waals surface area contributed by atoms with Crippen molar-refractivity contribution in [3.63, 3.8) is 0 Å². The maximum Gasteiger partial charge on any atom is 0.325 e. The Labute approximate surface area is 198 Å². The van der Waals surface area contributed by atoms with E-state index in [1.807, 2.05) is 42.2 Å². The van der Waals surface area contributed by atoms with Crippen molar-refractivity contribution in [1.82, 2.24) is 15.1 Å². The molecule has 2 aliphatic heterocycles. The predicted molar refractivity (Wildman–Crippen MR) is 126 cm³/mol. The standard InChI is InChI=1S/C25H29N5O4/c1-16-8-10-18(11-9-16)25(2)23(33)30(24(34)28-25)15-21(31)27-19-6-3-5-17(13-19)14-29-12-4-7-20(29)22(26)32/h3,5-6,8-11,13,20H,4,7,12,14-15H2,1-2H3,(H2,26,32)(H,27,31)(H,28,34). The highest BCUT2D eigenvalue weighted by Crippen LogP contribution is 2.29. The first-order valence-corrected chi connectivity index (χ1v) is 11.3. The van der Waals surface area contributed by atoms with Crippen molar-refractivity contribution in [3.8, 4) is 0 Å². The molecule has 0 saturated carbocycles. The Hall–Kier alpha value is -3.72. The van der Waals surface area contributed by atoms with Crippen LogP contribution in [0.4, 0.5) is 10.5 Å². The average Bonchev–Trinajstić information content (AvgIpc) is 3.33. The summed E-state index contributed by atoms with van der Waals surface area (Å²) in [5.74, 6) is -1.28. The molecule has 5 amide bonds. The number of likely N-dealkylation sites (tertiary alicyclic amines) is 1. The van der Waals surface area contributed by atoms with Crippen molar-refractivity contribution < 1.29 is 19.2 Å². The minimum Gasteiger partial charge on any atom is -0.368 e. The number of urea groups is 1. The number of primary amides is 1. The summed E-state index contributed by atoms with van der Waals surface area (Å²) in [7, 11) is 0. The fourth-order valence-electron chi connectivity index (χ4n) is 4.59. The number of aryl methyl sites for hydroxylation is 1. The number of hydrogen-bond acceptors (Lipinski definition) is 5. The lowest BCUT2D eigenvalue weighted by molar-refractivity contribution is -0.133. The molecule has 2 aliphatic rings. The molecule has 0 aliphatic carbocycles. The normalized spacial score (nSPS) is 22.6. The van der Waals surface area contributed by atoms with Crippen molar-refractivity contribution >= 4 is 29.4 Å². The van der Waals surface area contributed by atoms with E-state index in [9.17, 15) is 19.2 Å². The van der Waals surface area contributed by atoms with Gasteiger partial charge in [-0.25, -0.2) is 4.79 Å². The molecule has 2 aromatic carbocycles. The topological polar surface area (TPSA) is 125 Å². The summed E-state index contributed by atoms with van der Waals surface area (Å²) in [5, 5.41) is 5.47. The first kappa shape index (κ1) is 23.4. The third-order valence-corrected chi connectivity index (χ3v) is 6.49. The zero-order valence-electron chi connectivity index (χ0n) is 19.3. The zero-order chi connectivity index (χ0) is 24.5. The molecular weight excluding hydrogens is 434 g/mol. The van der Waals surface area contributed by atoms with E-state index < -0.39 is 29.9 Å². The van der Waals surface area contributed by atoms with E-state index in [1.54, 1.807) is 25.1 Å². The van der Waals surface area contributed by atoms with Crippen LogP contribution in [0.5, 0.6) is 0 Å². The Balaban J connectivity index is 1.40. The predicted octanol–water partition coefficient (Wildman–Crippen LogP) is 1.85. The lowest BCUT2D eigenvalue weighted by Crippen LogP contribution is -2.42. The number of nitrogens with two attached hydrogens (primary N) is 1. The van der Waals surface area contributed by atoms with E-state index in [2.05, 4.69) is 10.6 Å². The van der Waals surface area contributed by atoms with Gasteiger partial charge in [-0.1, -0.05) is 42.0 Å². The van der Waals surface area contributed by atoms with Gasteiger partial charge in [-0.05, 0) is 56.5 Å². The van der Waals surface area contributed by atoms with Crippen molar-refractivity contribution in [2.75, 3.05) is 18.4 Å². The maximum absolute atomic E-state index is 13.1. The number of rotatable bonds is 7. The molecule has 2 heterocycles. The summed E-state index contributed by atoms with van der Waals surface area (Å²) in [6.45, 7) is 4.51. The van der Waals surface area contributed by atoms with E-state index in [0.29, 0.717) is 17.8 Å². The van der Waals surface area contributed by atoms with Crippen molar-refractivity contribution in [3.05, 3.63) is 65.2 Å². The molecule has 0 bridgehead atoms. The fourth-order valence-corrected chi connectivity index (χ4v) is 4.59. The molecule has 2 fully saturated rings. The second-order valence-corrected chi connectivity index (χ2v) is 9.09. The third-order valence-electron chi connectivity index (χ3n) is 6.49. The number of carbonyl (C=O) groups excluding carboxylic acids is 4. The molecule has 2 atom stereocenters. The second-order valence-electron chi connectivity index (χ2n) is 9.09. The van der Waals surface area contributed by atoms with Crippen molar-refractivity contribution in [1.29, 1.82) is 0 Å². The van der Waals surface area contributed by atoms with Crippen LogP contribution in [0.25, 0.3) is 0 Å². The second kappa shape index (κ2) is 9.26. The van der Waals surface area contributed by atoms with E-state index >= 15 is 0 Å². The van der Waals surface area contributed by atoms with E-state index in [1.165, 1.54) is 0 Å². The number of imide groups is 1. The van der Waals surface area contributed by atoms with Crippen LogP contribution >= 0.6 is 0 Å². The number of nitrogens with one attached hydrogen (secondary N) is 2. The van der Waals surface area contributed by atoms with Gasteiger partial charge in [0, 0.05) is 12.2 Å². The van der Waals surface area contributed by atoms with Gasteiger partial charge in [0.25, 0.3) is 5.91 Å². The zero-order valence-corrected chi connectivity index (χ0v) is 19.3. The van der Waals surface area contributed by atoms with Crippen LogP contribution in [-0.4, -0.2) is 52.7 Å². The van der Waals surface area contributed by atoms with Crippen LogP contribution in [0.3, 0.4) is 0 Å². The van der Waals surface area contributed by atoms with Crippen LogP contribution in [0.2, 0.25) is 0 Å². The summed E-state index contributed by atoms with van der Waals surface area (Å²) in [4.78, 5) is 52.9. The number of nitrogens with zero attached hydrogens (tertiary/aromatic N) is 2. The minimum atomic E-state index is -1.22. The maximum atomic E-state index is 13.1. The van der Waals surface area contributed by atoms with Gasteiger partial charge in [0.15, 0.2) is 0 Å². The Morgan fingerprint density at radius 2 is 1.91 bits per heavy atom. The highest BCUT2D eigenvalue weighted by molar-refractivity contribution is 6.10. The number of benzene rings is 2. The summed E-state index contributed by atoms with van der Waals surface area (Å²) in [6, 6.07) is 13.7. The Morgan fingerprint density at radius 3 is 2.62 bits per heavy atom. The molecule has 0 spiro atoms. The molecule has 4 N–H and O–H groups in total. The minimum absolute atomic E-state index is 0.277. The van der Waals surface area contributed by atoms with Gasteiger partial charge in [-0.3, -0.25) is 24.2 Å². The fraction of sp³-hybridized carbons (Fsp3) is 0.360. The lowest BCUT2D eigenvalue weighted by atomic mass is 9.91. The van der Waals surface area contributed by atoms with Crippen LogP contribution in [-0.2, 0) is 26.5 Å². The van der Waals surface area contributed by atoms with Gasteiger partial charge >= 0.3 is 6.03 Å². The average molecular weight is 464 g/mol. The molecule has 34 heavy (non-hydrogen) atoms. The van der Waals surface area contributed by atoms with Gasteiger partial charge in [-0.15, -0.1) is 0 Å². The van der Waals surface area contributed by atoms with E-state index in [4.69, 9.17) is 5.73 Å². The summed E-state index contributed by atoms with van der Waals surface area (Å²) >= 11 is 0. The molecule has 9 heteroatoms. The molecule has 4 rings (SSSR count). The number of hydrogen-bond donors (Lipinski definition) is 3. The molecule has 9 nitrogen and oxygen atoms in total. The molecular formula is C25H29N5O4. The van der Waals surface area contributed by atoms with Gasteiger partial charge < -0.3 is 16.4 Å².